The summed E-state index contributed by atoms with van der Waals surface area (Å²) in [5.74, 6) is -0.280. The Hall–Kier alpha value is -2.94. The van der Waals surface area contributed by atoms with E-state index in [-0.39, 0.29) is 11.9 Å². The summed E-state index contributed by atoms with van der Waals surface area (Å²) in [6.07, 6.45) is 2.73. The monoisotopic (exact) mass is 387 g/mol. The summed E-state index contributed by atoms with van der Waals surface area (Å²) in [4.78, 5) is 17.3. The molecule has 0 aliphatic heterocycles. The molecule has 0 atom stereocenters. The Labute approximate surface area is 157 Å². The average Bonchev–Trinajstić information content (AvgIpc) is 2.98. The van der Waals surface area contributed by atoms with Gasteiger partial charge < -0.3 is 5.32 Å². The van der Waals surface area contributed by atoms with Crippen molar-refractivity contribution in [3.63, 3.8) is 0 Å². The molecule has 0 bridgehead atoms. The van der Waals surface area contributed by atoms with Crippen LogP contribution in [0.1, 0.15) is 35.9 Å². The highest BCUT2D eigenvalue weighted by Gasteiger charge is 2.17. The van der Waals surface area contributed by atoms with Crippen LogP contribution in [0.15, 0.2) is 36.5 Å². The second-order valence-corrected chi connectivity index (χ2v) is 8.39. The zero-order valence-electron chi connectivity index (χ0n) is 15.5. The lowest BCUT2D eigenvalue weighted by Crippen LogP contribution is -2.14. The molecule has 0 unspecified atom stereocenters. The van der Waals surface area contributed by atoms with Crippen LogP contribution < -0.4 is 10.0 Å². The molecule has 27 heavy (non-hydrogen) atoms. The number of sulfonamides is 1. The van der Waals surface area contributed by atoms with Gasteiger partial charge in [0.2, 0.25) is 10.0 Å². The van der Waals surface area contributed by atoms with Gasteiger partial charge in [-0.15, -0.1) is 0 Å². The first-order valence-electron chi connectivity index (χ1n) is 8.38. The molecule has 1 aromatic carbocycles. The van der Waals surface area contributed by atoms with Crippen LogP contribution in [0.2, 0.25) is 0 Å². The van der Waals surface area contributed by atoms with Crippen molar-refractivity contribution in [3.05, 3.63) is 47.8 Å². The van der Waals surface area contributed by atoms with Gasteiger partial charge in [0.25, 0.3) is 5.91 Å². The molecular formula is C18H21N5O3S. The largest absolute Gasteiger partial charge is 0.322 e. The van der Waals surface area contributed by atoms with E-state index >= 15 is 0 Å². The Balaban J connectivity index is 1.88. The van der Waals surface area contributed by atoms with Gasteiger partial charge >= 0.3 is 0 Å². The first-order chi connectivity index (χ1) is 12.6. The van der Waals surface area contributed by atoms with Gasteiger partial charge in [-0.2, -0.15) is 5.10 Å². The number of hydrogen-bond donors (Lipinski definition) is 2. The fourth-order valence-electron chi connectivity index (χ4n) is 2.74. The lowest BCUT2D eigenvalue weighted by Gasteiger charge is -2.10. The second-order valence-electron chi connectivity index (χ2n) is 6.64. The number of benzene rings is 1. The average molecular weight is 387 g/mol. The predicted molar refractivity (Wildman–Crippen MR) is 106 cm³/mol. The van der Waals surface area contributed by atoms with E-state index in [9.17, 15) is 13.2 Å². The van der Waals surface area contributed by atoms with E-state index in [0.717, 1.165) is 11.9 Å². The first-order valence-corrected chi connectivity index (χ1v) is 10.3. The standard InChI is InChI=1S/C18H21N5O3S/c1-11(2)23-17-16(10-19-23)15(9-12(3)20-17)18(24)21-13-5-7-14(8-6-13)22-27(4,25)26/h5-11,22H,1-4H3,(H,21,24). The van der Waals surface area contributed by atoms with Gasteiger partial charge in [-0.25, -0.2) is 18.1 Å². The number of nitrogens with zero attached hydrogens (tertiary/aromatic N) is 3. The molecule has 0 aliphatic carbocycles. The first kappa shape index (κ1) is 18.8. The van der Waals surface area contributed by atoms with Crippen molar-refractivity contribution in [2.45, 2.75) is 26.8 Å². The van der Waals surface area contributed by atoms with Crippen LogP contribution in [0.5, 0.6) is 0 Å². The summed E-state index contributed by atoms with van der Waals surface area (Å²) in [5.41, 5.74) is 2.86. The Bertz CT molecular complexity index is 1100. The van der Waals surface area contributed by atoms with Crippen LogP contribution in [0.3, 0.4) is 0 Å². The second kappa shape index (κ2) is 6.99. The van der Waals surface area contributed by atoms with Crippen molar-refractivity contribution in [1.82, 2.24) is 14.8 Å². The number of aromatic nitrogens is 3. The van der Waals surface area contributed by atoms with Gasteiger partial charge in [0, 0.05) is 23.1 Å². The summed E-state index contributed by atoms with van der Waals surface area (Å²) in [6.45, 7) is 5.84. The molecule has 3 aromatic rings. The van der Waals surface area contributed by atoms with Crippen LogP contribution in [0, 0.1) is 6.92 Å². The molecule has 0 saturated heterocycles. The lowest BCUT2D eigenvalue weighted by molar-refractivity contribution is 0.102. The maximum absolute atomic E-state index is 12.8. The summed E-state index contributed by atoms with van der Waals surface area (Å²) in [7, 11) is -3.34. The zero-order valence-corrected chi connectivity index (χ0v) is 16.3. The van der Waals surface area contributed by atoms with Gasteiger partial charge in [-0.05, 0) is 51.1 Å². The molecule has 3 rings (SSSR count). The van der Waals surface area contributed by atoms with Gasteiger partial charge in [0.15, 0.2) is 5.65 Å². The summed E-state index contributed by atoms with van der Waals surface area (Å²) in [6, 6.07) is 8.29. The van der Waals surface area contributed by atoms with Crippen LogP contribution in [-0.4, -0.2) is 35.3 Å². The van der Waals surface area contributed by atoms with Crippen molar-refractivity contribution < 1.29 is 13.2 Å². The van der Waals surface area contributed by atoms with Crippen LogP contribution in [0.25, 0.3) is 11.0 Å². The van der Waals surface area contributed by atoms with Crippen molar-refractivity contribution in [3.8, 4) is 0 Å². The van der Waals surface area contributed by atoms with Crippen LogP contribution in [-0.2, 0) is 10.0 Å². The summed E-state index contributed by atoms with van der Waals surface area (Å²) >= 11 is 0. The fraction of sp³-hybridized carbons (Fsp3) is 0.278. The molecule has 0 aliphatic rings. The quantitative estimate of drug-likeness (QED) is 0.700. The number of hydrogen-bond acceptors (Lipinski definition) is 5. The molecule has 0 spiro atoms. The lowest BCUT2D eigenvalue weighted by atomic mass is 10.1. The minimum absolute atomic E-state index is 0.127. The summed E-state index contributed by atoms with van der Waals surface area (Å²) < 4.78 is 26.7. The van der Waals surface area contributed by atoms with Gasteiger partial charge in [-0.3, -0.25) is 9.52 Å². The molecule has 1 amide bonds. The fourth-order valence-corrected chi connectivity index (χ4v) is 3.31. The maximum atomic E-state index is 12.8. The van der Waals surface area contributed by atoms with Crippen molar-refractivity contribution >= 4 is 38.3 Å². The SMILES string of the molecule is Cc1cc(C(=O)Nc2ccc(NS(C)(=O)=O)cc2)c2cnn(C(C)C)c2n1. The number of nitrogens with one attached hydrogen (secondary N) is 2. The number of anilines is 2. The normalized spacial score (nSPS) is 11.7. The third-order valence-electron chi connectivity index (χ3n) is 3.87. The maximum Gasteiger partial charge on any atom is 0.256 e. The zero-order chi connectivity index (χ0) is 19.8. The molecule has 0 fully saturated rings. The van der Waals surface area contributed by atoms with E-state index in [1.165, 1.54) is 0 Å². The number of amides is 1. The number of aryl methyl sites for hydroxylation is 1. The van der Waals surface area contributed by atoms with E-state index in [1.54, 1.807) is 41.2 Å². The van der Waals surface area contributed by atoms with Gasteiger partial charge in [0.1, 0.15) is 0 Å². The third kappa shape index (κ3) is 4.25. The molecule has 2 N–H and O–H groups in total. The van der Waals surface area contributed by atoms with Gasteiger partial charge in [0.05, 0.1) is 23.4 Å². The molecule has 2 heterocycles. The third-order valence-corrected chi connectivity index (χ3v) is 4.48. The molecular weight excluding hydrogens is 366 g/mol. The Morgan fingerprint density at radius 3 is 2.37 bits per heavy atom. The summed E-state index contributed by atoms with van der Waals surface area (Å²) in [5, 5.41) is 7.85. The van der Waals surface area contributed by atoms with Crippen LogP contribution in [0.4, 0.5) is 11.4 Å². The van der Waals surface area contributed by atoms with Crippen LogP contribution >= 0.6 is 0 Å². The van der Waals surface area contributed by atoms with E-state index in [0.29, 0.717) is 28.0 Å². The molecule has 8 nitrogen and oxygen atoms in total. The number of rotatable bonds is 5. The molecule has 0 radical (unpaired) electrons. The Morgan fingerprint density at radius 2 is 1.78 bits per heavy atom. The number of fused-ring (bicyclic) bond motifs is 1. The Morgan fingerprint density at radius 1 is 1.15 bits per heavy atom. The topological polar surface area (TPSA) is 106 Å². The minimum atomic E-state index is -3.34. The molecule has 142 valence electrons. The van der Waals surface area contributed by atoms with E-state index < -0.39 is 10.0 Å². The highest BCUT2D eigenvalue weighted by atomic mass is 32.2. The smallest absolute Gasteiger partial charge is 0.256 e. The highest BCUT2D eigenvalue weighted by Crippen LogP contribution is 2.22. The van der Waals surface area contributed by atoms with Crippen molar-refractivity contribution in [1.29, 1.82) is 0 Å². The number of carbonyl (C=O) groups excluding carboxylic acids is 1. The number of carbonyl (C=O) groups is 1. The Kier molecular flexibility index (Phi) is 4.88. The predicted octanol–water partition coefficient (Wildman–Crippen LogP) is 2.94. The number of pyridine rings is 1. The minimum Gasteiger partial charge on any atom is -0.322 e. The van der Waals surface area contributed by atoms with Crippen molar-refractivity contribution in [2.75, 3.05) is 16.3 Å². The van der Waals surface area contributed by atoms with E-state index in [1.807, 2.05) is 20.8 Å². The molecule has 2 aromatic heterocycles. The van der Waals surface area contributed by atoms with Gasteiger partial charge in [-0.1, -0.05) is 0 Å². The van der Waals surface area contributed by atoms with E-state index in [4.69, 9.17) is 0 Å². The molecule has 0 saturated carbocycles. The van der Waals surface area contributed by atoms with E-state index in [2.05, 4.69) is 20.1 Å². The van der Waals surface area contributed by atoms with Crippen molar-refractivity contribution in [2.24, 2.45) is 0 Å². The highest BCUT2D eigenvalue weighted by molar-refractivity contribution is 7.92. The molecule has 9 heteroatoms.